The van der Waals surface area contributed by atoms with Gasteiger partial charge in [-0.05, 0) is 31.3 Å². The Kier molecular flexibility index (Phi) is 6.83. The van der Waals surface area contributed by atoms with E-state index in [2.05, 4.69) is 37.1 Å². The van der Waals surface area contributed by atoms with E-state index in [1.807, 2.05) is 0 Å². The van der Waals surface area contributed by atoms with Crippen molar-refractivity contribution >= 4 is 11.5 Å². The van der Waals surface area contributed by atoms with Gasteiger partial charge in [-0.1, -0.05) is 59.3 Å². The number of rotatable bonds is 9. The highest BCUT2D eigenvalue weighted by Gasteiger charge is 2.29. The molecule has 0 aliphatic carbocycles. The third kappa shape index (κ3) is 4.68. The zero-order chi connectivity index (χ0) is 13.4. The monoisotopic (exact) mass is 268 g/mol. The largest absolute Gasteiger partial charge is 0.224 e. The zero-order valence-corrected chi connectivity index (χ0v) is 13.3. The Morgan fingerprint density at radius 1 is 1.00 bits per heavy atom. The first-order valence-electron chi connectivity index (χ1n) is 7.43. The van der Waals surface area contributed by atoms with Crippen LogP contribution in [0.5, 0.6) is 0 Å². The lowest BCUT2D eigenvalue weighted by Crippen LogP contribution is -2.23. The molecule has 3 heteroatoms. The molecule has 0 spiro atoms. The number of nitrogens with zero attached hydrogens (tertiary/aromatic N) is 2. The first-order valence-corrected chi connectivity index (χ1v) is 8.20. The second-order valence-electron chi connectivity index (χ2n) is 5.61. The molecule has 0 saturated carbocycles. The summed E-state index contributed by atoms with van der Waals surface area (Å²) in [4.78, 5) is 4.65. The van der Waals surface area contributed by atoms with Crippen molar-refractivity contribution in [3.8, 4) is 0 Å². The molecule has 0 N–H and O–H groups in total. The average molecular weight is 268 g/mol. The molecule has 0 bridgehead atoms. The van der Waals surface area contributed by atoms with E-state index in [9.17, 15) is 0 Å². The van der Waals surface area contributed by atoms with Crippen LogP contribution in [-0.4, -0.2) is 9.36 Å². The van der Waals surface area contributed by atoms with Gasteiger partial charge in [0.05, 0.1) is 0 Å². The van der Waals surface area contributed by atoms with Crippen LogP contribution in [0.3, 0.4) is 0 Å². The van der Waals surface area contributed by atoms with Gasteiger partial charge in [-0.3, -0.25) is 0 Å². The van der Waals surface area contributed by atoms with E-state index in [-0.39, 0.29) is 5.41 Å². The minimum Gasteiger partial charge on any atom is -0.224 e. The summed E-state index contributed by atoms with van der Waals surface area (Å²) in [7, 11) is 0. The van der Waals surface area contributed by atoms with Crippen molar-refractivity contribution in [2.24, 2.45) is 0 Å². The predicted octanol–water partition coefficient (Wildman–Crippen LogP) is 5.26. The first kappa shape index (κ1) is 15.6. The number of hydrogen-bond donors (Lipinski definition) is 0. The molecular weight excluding hydrogens is 240 g/mol. The summed E-state index contributed by atoms with van der Waals surface area (Å²) < 4.78 is 4.58. The summed E-state index contributed by atoms with van der Waals surface area (Å²) in [6.45, 7) is 8.94. The minimum absolute atomic E-state index is 0.203. The highest BCUT2D eigenvalue weighted by atomic mass is 32.1. The Labute approximate surface area is 116 Å². The fourth-order valence-corrected chi connectivity index (χ4v) is 3.03. The van der Waals surface area contributed by atoms with E-state index in [0.717, 1.165) is 10.8 Å². The Balaban J connectivity index is 2.66. The normalized spacial score (nSPS) is 12.0. The number of aryl methyl sites for hydroxylation is 1. The molecule has 2 nitrogen and oxygen atoms in total. The van der Waals surface area contributed by atoms with Crippen molar-refractivity contribution in [2.75, 3.05) is 0 Å². The van der Waals surface area contributed by atoms with Crippen LogP contribution in [0.25, 0.3) is 0 Å². The summed E-state index contributed by atoms with van der Waals surface area (Å²) in [5, 5.41) is 1.10. The van der Waals surface area contributed by atoms with Gasteiger partial charge in [0.25, 0.3) is 0 Å². The van der Waals surface area contributed by atoms with Gasteiger partial charge in [0.2, 0.25) is 0 Å². The smallest absolute Gasteiger partial charge is 0.148 e. The lowest BCUT2D eigenvalue weighted by molar-refractivity contribution is 0.351. The molecule has 104 valence electrons. The molecule has 0 unspecified atom stereocenters. The molecule has 0 atom stereocenters. The van der Waals surface area contributed by atoms with Crippen LogP contribution in [0, 0.1) is 6.92 Å². The second-order valence-corrected chi connectivity index (χ2v) is 6.57. The van der Waals surface area contributed by atoms with E-state index in [4.69, 9.17) is 0 Å². The quantitative estimate of drug-likeness (QED) is 0.570. The molecule has 0 aliphatic rings. The van der Waals surface area contributed by atoms with Crippen LogP contribution in [-0.2, 0) is 5.41 Å². The molecule has 1 aromatic heterocycles. The minimum atomic E-state index is 0.203. The first-order chi connectivity index (χ1) is 8.62. The molecule has 0 aliphatic heterocycles. The highest BCUT2D eigenvalue weighted by Crippen LogP contribution is 2.34. The maximum absolute atomic E-state index is 4.65. The third-order valence-electron chi connectivity index (χ3n) is 3.73. The van der Waals surface area contributed by atoms with Crippen LogP contribution >= 0.6 is 11.5 Å². The van der Waals surface area contributed by atoms with Gasteiger partial charge in [-0.2, -0.15) is 4.37 Å². The van der Waals surface area contributed by atoms with Crippen LogP contribution < -0.4 is 0 Å². The summed E-state index contributed by atoms with van der Waals surface area (Å²) in [6.07, 6.45) is 10.3. The molecule has 0 radical (unpaired) electrons. The summed E-state index contributed by atoms with van der Waals surface area (Å²) >= 11 is 1.55. The van der Waals surface area contributed by atoms with Gasteiger partial charge in [0, 0.05) is 5.41 Å². The molecule has 0 amide bonds. The maximum atomic E-state index is 4.65. The molecule has 1 heterocycles. The average Bonchev–Trinajstić information content (AvgIpc) is 2.77. The predicted molar refractivity (Wildman–Crippen MR) is 80.3 cm³/mol. The Morgan fingerprint density at radius 3 is 1.94 bits per heavy atom. The van der Waals surface area contributed by atoms with Crippen molar-refractivity contribution < 1.29 is 0 Å². The Morgan fingerprint density at radius 2 is 1.56 bits per heavy atom. The third-order valence-corrected chi connectivity index (χ3v) is 4.35. The zero-order valence-electron chi connectivity index (χ0n) is 12.5. The Bertz CT molecular complexity index is 323. The van der Waals surface area contributed by atoms with Crippen molar-refractivity contribution in [1.82, 2.24) is 9.36 Å². The van der Waals surface area contributed by atoms with Gasteiger partial charge in [-0.15, -0.1) is 0 Å². The molecule has 0 fully saturated rings. The van der Waals surface area contributed by atoms with Crippen LogP contribution in [0.4, 0.5) is 0 Å². The van der Waals surface area contributed by atoms with Crippen LogP contribution in [0.2, 0.25) is 0 Å². The van der Waals surface area contributed by atoms with E-state index in [0.29, 0.717) is 0 Å². The van der Waals surface area contributed by atoms with Gasteiger partial charge >= 0.3 is 0 Å². The summed E-state index contributed by atoms with van der Waals surface area (Å²) in [5.74, 6) is 1.09. The van der Waals surface area contributed by atoms with Gasteiger partial charge in [0.15, 0.2) is 0 Å². The van der Waals surface area contributed by atoms with Crippen molar-refractivity contribution in [3.05, 3.63) is 10.8 Å². The lowest BCUT2D eigenvalue weighted by Gasteiger charge is -2.26. The summed E-state index contributed by atoms with van der Waals surface area (Å²) in [6, 6.07) is 0. The van der Waals surface area contributed by atoms with E-state index >= 15 is 0 Å². The van der Waals surface area contributed by atoms with Crippen molar-refractivity contribution in [2.45, 2.75) is 84.5 Å². The number of aromatic nitrogens is 2. The van der Waals surface area contributed by atoms with E-state index in [1.165, 1.54) is 51.4 Å². The number of hydrogen-bond acceptors (Lipinski definition) is 3. The van der Waals surface area contributed by atoms with Gasteiger partial charge in [0.1, 0.15) is 10.8 Å². The van der Waals surface area contributed by atoms with Crippen LogP contribution in [0.15, 0.2) is 0 Å². The van der Waals surface area contributed by atoms with Gasteiger partial charge < -0.3 is 0 Å². The molecule has 1 rings (SSSR count). The highest BCUT2D eigenvalue weighted by molar-refractivity contribution is 7.05. The standard InChI is InChI=1S/C15H28N2S/c1-5-7-9-11-15(4,12-10-8-6-2)14-16-13(3)18-17-14/h5-12H2,1-4H3. The van der Waals surface area contributed by atoms with E-state index < -0.39 is 0 Å². The Hall–Kier alpha value is -0.440. The topological polar surface area (TPSA) is 25.8 Å². The second kappa shape index (κ2) is 7.88. The SMILES string of the molecule is CCCCCC(C)(CCCCC)c1nsc(C)n1. The molecule has 0 saturated heterocycles. The fraction of sp³-hybridized carbons (Fsp3) is 0.867. The lowest BCUT2D eigenvalue weighted by atomic mass is 9.79. The molecule has 1 aromatic rings. The van der Waals surface area contributed by atoms with Gasteiger partial charge in [-0.25, -0.2) is 4.98 Å². The van der Waals surface area contributed by atoms with Crippen molar-refractivity contribution in [1.29, 1.82) is 0 Å². The molecular formula is C15H28N2S. The fourth-order valence-electron chi connectivity index (χ4n) is 2.42. The van der Waals surface area contributed by atoms with Crippen LogP contribution in [0.1, 0.15) is 83.0 Å². The molecule has 0 aromatic carbocycles. The van der Waals surface area contributed by atoms with Crippen molar-refractivity contribution in [3.63, 3.8) is 0 Å². The van der Waals surface area contributed by atoms with E-state index in [1.54, 1.807) is 11.5 Å². The molecule has 18 heavy (non-hydrogen) atoms. The summed E-state index contributed by atoms with van der Waals surface area (Å²) in [5.41, 5.74) is 0.203. The number of unbranched alkanes of at least 4 members (excludes halogenated alkanes) is 4. The maximum Gasteiger partial charge on any atom is 0.148 e.